The highest BCUT2D eigenvalue weighted by Crippen LogP contribution is 2.19. The van der Waals surface area contributed by atoms with E-state index in [4.69, 9.17) is 11.6 Å². The van der Waals surface area contributed by atoms with Gasteiger partial charge in [0.1, 0.15) is 0 Å². The van der Waals surface area contributed by atoms with Crippen LogP contribution in [0, 0.1) is 0 Å². The van der Waals surface area contributed by atoms with Gasteiger partial charge in [0.25, 0.3) is 5.91 Å². The summed E-state index contributed by atoms with van der Waals surface area (Å²) in [4.78, 5) is 14.8. The van der Waals surface area contributed by atoms with Crippen LogP contribution in [0.3, 0.4) is 0 Å². The van der Waals surface area contributed by atoms with Gasteiger partial charge in [0, 0.05) is 24.7 Å². The summed E-state index contributed by atoms with van der Waals surface area (Å²) in [5, 5.41) is 12.4. The van der Waals surface area contributed by atoms with Gasteiger partial charge in [0.2, 0.25) is 0 Å². The highest BCUT2D eigenvalue weighted by atomic mass is 35.5. The third kappa shape index (κ3) is 4.51. The molecule has 0 bridgehead atoms. The fourth-order valence-corrected chi connectivity index (χ4v) is 3.13. The van der Waals surface area contributed by atoms with Crippen LogP contribution in [0.5, 0.6) is 0 Å². The molecule has 25 heavy (non-hydrogen) atoms. The lowest BCUT2D eigenvalue weighted by molar-refractivity contribution is 0.0759. The Balaban J connectivity index is 0.00000225. The van der Waals surface area contributed by atoms with Crippen LogP contribution in [-0.4, -0.2) is 52.0 Å². The fraction of sp³-hybridized carbons (Fsp3) is 0.471. The molecule has 0 unspecified atom stereocenters. The van der Waals surface area contributed by atoms with Crippen LogP contribution >= 0.6 is 24.0 Å². The molecular formula is C17H23Cl2N5O. The van der Waals surface area contributed by atoms with Crippen molar-refractivity contribution in [3.8, 4) is 5.69 Å². The molecule has 1 saturated heterocycles. The van der Waals surface area contributed by atoms with Gasteiger partial charge < -0.3 is 10.2 Å². The molecule has 0 atom stereocenters. The zero-order chi connectivity index (χ0) is 16.9. The van der Waals surface area contributed by atoms with Crippen molar-refractivity contribution < 1.29 is 4.79 Å². The molecule has 3 rings (SSSR count). The van der Waals surface area contributed by atoms with Crippen molar-refractivity contribution in [3.05, 3.63) is 40.7 Å². The van der Waals surface area contributed by atoms with Crippen LogP contribution in [0.2, 0.25) is 5.02 Å². The van der Waals surface area contributed by atoms with E-state index in [9.17, 15) is 4.79 Å². The normalized spacial score (nSPS) is 14.7. The Kier molecular flexibility index (Phi) is 7.23. The first-order valence-electron chi connectivity index (χ1n) is 8.41. The SMILES string of the molecule is CCCc1c(C(=O)N2CCCNCC2)nnn1-c1cccc(Cl)c1.Cl. The maximum absolute atomic E-state index is 12.9. The van der Waals surface area contributed by atoms with E-state index in [1.54, 1.807) is 4.68 Å². The van der Waals surface area contributed by atoms with Crippen LogP contribution in [0.25, 0.3) is 5.69 Å². The topological polar surface area (TPSA) is 63.1 Å². The summed E-state index contributed by atoms with van der Waals surface area (Å²) in [6.45, 7) is 5.30. The molecule has 1 aliphatic heterocycles. The zero-order valence-corrected chi connectivity index (χ0v) is 15.8. The Morgan fingerprint density at radius 2 is 2.16 bits per heavy atom. The van der Waals surface area contributed by atoms with Gasteiger partial charge in [-0.05, 0) is 37.6 Å². The Hall–Kier alpha value is -1.63. The van der Waals surface area contributed by atoms with E-state index in [1.807, 2.05) is 29.2 Å². The molecule has 1 amide bonds. The van der Waals surface area contributed by atoms with Crippen molar-refractivity contribution in [2.45, 2.75) is 26.2 Å². The van der Waals surface area contributed by atoms with Gasteiger partial charge >= 0.3 is 0 Å². The van der Waals surface area contributed by atoms with Crippen LogP contribution in [0.15, 0.2) is 24.3 Å². The summed E-state index contributed by atoms with van der Waals surface area (Å²) >= 11 is 6.09. The molecule has 1 aromatic heterocycles. The van der Waals surface area contributed by atoms with E-state index in [-0.39, 0.29) is 18.3 Å². The first-order chi connectivity index (χ1) is 11.7. The second-order valence-electron chi connectivity index (χ2n) is 5.92. The number of nitrogens with zero attached hydrogens (tertiary/aromatic N) is 4. The summed E-state index contributed by atoms with van der Waals surface area (Å²) < 4.78 is 1.73. The lowest BCUT2D eigenvalue weighted by atomic mass is 10.1. The zero-order valence-electron chi connectivity index (χ0n) is 14.2. The van der Waals surface area contributed by atoms with E-state index in [1.165, 1.54) is 0 Å². The van der Waals surface area contributed by atoms with E-state index in [0.717, 1.165) is 50.3 Å². The Bertz CT molecular complexity index is 711. The maximum Gasteiger partial charge on any atom is 0.276 e. The van der Waals surface area contributed by atoms with Gasteiger partial charge in [-0.1, -0.05) is 36.2 Å². The molecule has 0 aliphatic carbocycles. The van der Waals surface area contributed by atoms with E-state index < -0.39 is 0 Å². The van der Waals surface area contributed by atoms with Crippen LogP contribution in [0.4, 0.5) is 0 Å². The van der Waals surface area contributed by atoms with Crippen molar-refractivity contribution in [1.29, 1.82) is 0 Å². The summed E-state index contributed by atoms with van der Waals surface area (Å²) in [5.41, 5.74) is 2.13. The van der Waals surface area contributed by atoms with Crippen LogP contribution < -0.4 is 5.32 Å². The third-order valence-corrected chi connectivity index (χ3v) is 4.37. The summed E-state index contributed by atoms with van der Waals surface area (Å²) in [7, 11) is 0. The third-order valence-electron chi connectivity index (χ3n) is 4.13. The molecule has 136 valence electrons. The maximum atomic E-state index is 12.9. The minimum atomic E-state index is -0.0320. The molecule has 8 heteroatoms. The summed E-state index contributed by atoms with van der Waals surface area (Å²) in [5.74, 6) is -0.0320. The standard InChI is InChI=1S/C17H22ClN5O.ClH/c1-2-5-15-16(17(24)22-10-4-8-19-9-11-22)20-21-23(15)14-7-3-6-13(18)12-14;/h3,6-7,12,19H,2,4-5,8-11H2,1H3;1H. The Morgan fingerprint density at radius 1 is 1.32 bits per heavy atom. The average Bonchev–Trinajstić information content (AvgIpc) is 2.81. The van der Waals surface area contributed by atoms with Crippen molar-refractivity contribution in [1.82, 2.24) is 25.2 Å². The summed E-state index contributed by atoms with van der Waals surface area (Å²) in [6.07, 6.45) is 2.61. The first kappa shape index (κ1) is 19.7. The van der Waals surface area contributed by atoms with Gasteiger partial charge in [-0.25, -0.2) is 4.68 Å². The number of nitrogens with one attached hydrogen (secondary N) is 1. The second-order valence-corrected chi connectivity index (χ2v) is 6.36. The number of aromatic nitrogens is 3. The fourth-order valence-electron chi connectivity index (χ4n) is 2.94. The molecule has 2 heterocycles. The predicted octanol–water partition coefficient (Wildman–Crippen LogP) is 2.73. The molecule has 1 aromatic carbocycles. The molecule has 6 nitrogen and oxygen atoms in total. The predicted molar refractivity (Wildman–Crippen MR) is 101 cm³/mol. The lowest BCUT2D eigenvalue weighted by Crippen LogP contribution is -2.35. The molecule has 0 saturated carbocycles. The van der Waals surface area contributed by atoms with Gasteiger partial charge in [-0.15, -0.1) is 17.5 Å². The van der Waals surface area contributed by atoms with Gasteiger partial charge in [-0.2, -0.15) is 0 Å². The van der Waals surface area contributed by atoms with Gasteiger partial charge in [0.15, 0.2) is 5.69 Å². The van der Waals surface area contributed by atoms with E-state index >= 15 is 0 Å². The van der Waals surface area contributed by atoms with Crippen molar-refractivity contribution in [2.75, 3.05) is 26.2 Å². The number of carbonyl (C=O) groups is 1. The van der Waals surface area contributed by atoms with Crippen LogP contribution in [-0.2, 0) is 6.42 Å². The molecule has 1 aliphatic rings. The van der Waals surface area contributed by atoms with Crippen molar-refractivity contribution >= 4 is 29.9 Å². The van der Waals surface area contributed by atoms with Gasteiger partial charge in [-0.3, -0.25) is 4.79 Å². The Morgan fingerprint density at radius 3 is 2.92 bits per heavy atom. The summed E-state index contributed by atoms with van der Waals surface area (Å²) in [6, 6.07) is 7.44. The largest absolute Gasteiger partial charge is 0.336 e. The second kappa shape index (κ2) is 9.17. The number of hydrogen-bond acceptors (Lipinski definition) is 4. The van der Waals surface area contributed by atoms with E-state index in [0.29, 0.717) is 17.3 Å². The average molecular weight is 384 g/mol. The smallest absolute Gasteiger partial charge is 0.276 e. The lowest BCUT2D eigenvalue weighted by Gasteiger charge is -2.19. The molecule has 1 fully saturated rings. The highest BCUT2D eigenvalue weighted by Gasteiger charge is 2.25. The van der Waals surface area contributed by atoms with Crippen molar-refractivity contribution in [2.24, 2.45) is 0 Å². The minimum absolute atomic E-state index is 0. The molecule has 2 aromatic rings. The number of benzene rings is 1. The molecule has 0 radical (unpaired) electrons. The minimum Gasteiger partial charge on any atom is -0.336 e. The van der Waals surface area contributed by atoms with E-state index in [2.05, 4.69) is 22.6 Å². The van der Waals surface area contributed by atoms with Crippen molar-refractivity contribution in [3.63, 3.8) is 0 Å². The number of hydrogen-bond donors (Lipinski definition) is 1. The number of rotatable bonds is 4. The number of amides is 1. The first-order valence-corrected chi connectivity index (χ1v) is 8.79. The molecule has 0 spiro atoms. The van der Waals surface area contributed by atoms with Gasteiger partial charge in [0.05, 0.1) is 11.4 Å². The Labute approximate surface area is 158 Å². The number of carbonyl (C=O) groups excluding carboxylic acids is 1. The monoisotopic (exact) mass is 383 g/mol. The quantitative estimate of drug-likeness (QED) is 0.881. The molecule has 1 N–H and O–H groups in total. The number of halogens is 2. The molecular weight excluding hydrogens is 361 g/mol. The highest BCUT2D eigenvalue weighted by molar-refractivity contribution is 6.30. The van der Waals surface area contributed by atoms with Crippen LogP contribution in [0.1, 0.15) is 35.9 Å².